The number of rotatable bonds is 47. The number of amides is 1. The fourth-order valence-electron chi connectivity index (χ4n) is 7.79. The molecule has 3 unspecified atom stereocenters. The predicted molar refractivity (Wildman–Crippen MR) is 273 cm³/mol. The SMILES string of the molecule is CC/C=C/C=C/C=C\CCCCCC(CC(=O)NC(CO)C(O)CCCCCCCCCCCCCCCC)OC(=O)CCCCCCCC/C=C\C/C=C\C/C=C\CCCCC. The molecule has 1 amide bonds. The topological polar surface area (TPSA) is 95.9 Å². The van der Waals surface area contributed by atoms with Crippen LogP contribution < -0.4 is 5.32 Å². The summed E-state index contributed by atoms with van der Waals surface area (Å²) in [6.45, 7) is 6.31. The van der Waals surface area contributed by atoms with Crippen LogP contribution in [0.1, 0.15) is 252 Å². The van der Waals surface area contributed by atoms with Gasteiger partial charge in [0, 0.05) is 6.42 Å². The fraction of sp³-hybridized carbons (Fsp3) is 0.754. The molecule has 0 radical (unpaired) electrons. The number of esters is 1. The minimum Gasteiger partial charge on any atom is -0.462 e. The van der Waals surface area contributed by atoms with Crippen molar-refractivity contribution in [2.75, 3.05) is 6.61 Å². The molecule has 364 valence electrons. The van der Waals surface area contributed by atoms with Crippen LogP contribution in [0.2, 0.25) is 0 Å². The molecule has 6 nitrogen and oxygen atoms in total. The molecule has 3 atom stereocenters. The van der Waals surface area contributed by atoms with E-state index in [4.69, 9.17) is 4.74 Å². The number of carbonyl (C=O) groups is 2. The summed E-state index contributed by atoms with van der Waals surface area (Å²) in [5, 5.41) is 23.8. The minimum absolute atomic E-state index is 0.0467. The molecular weight excluding hydrogens is 779 g/mol. The van der Waals surface area contributed by atoms with Gasteiger partial charge in [0.25, 0.3) is 0 Å². The van der Waals surface area contributed by atoms with Gasteiger partial charge in [0.2, 0.25) is 5.91 Å². The summed E-state index contributed by atoms with van der Waals surface area (Å²) in [6.07, 6.45) is 63.9. The number of carbonyl (C=O) groups excluding carboxylic acids is 2. The Balaban J connectivity index is 4.55. The van der Waals surface area contributed by atoms with Gasteiger partial charge in [0.1, 0.15) is 6.10 Å². The highest BCUT2D eigenvalue weighted by Crippen LogP contribution is 2.17. The molecule has 0 saturated heterocycles. The highest BCUT2D eigenvalue weighted by Gasteiger charge is 2.24. The summed E-state index contributed by atoms with van der Waals surface area (Å²) in [4.78, 5) is 26.1. The third kappa shape index (κ3) is 45.7. The third-order valence-corrected chi connectivity index (χ3v) is 11.8. The first-order chi connectivity index (χ1) is 31.0. The zero-order valence-corrected chi connectivity index (χ0v) is 41.4. The summed E-state index contributed by atoms with van der Waals surface area (Å²) in [7, 11) is 0. The zero-order chi connectivity index (χ0) is 45.9. The third-order valence-electron chi connectivity index (χ3n) is 11.8. The Morgan fingerprint density at radius 3 is 1.48 bits per heavy atom. The van der Waals surface area contributed by atoms with Crippen LogP contribution >= 0.6 is 0 Å². The van der Waals surface area contributed by atoms with Crippen LogP contribution in [0.15, 0.2) is 72.9 Å². The van der Waals surface area contributed by atoms with Crippen molar-refractivity contribution in [2.45, 2.75) is 270 Å². The second-order valence-electron chi connectivity index (χ2n) is 18.0. The first-order valence-electron chi connectivity index (χ1n) is 26.7. The van der Waals surface area contributed by atoms with Crippen LogP contribution in [0.5, 0.6) is 0 Å². The molecule has 0 spiro atoms. The predicted octanol–water partition coefficient (Wildman–Crippen LogP) is 16.2. The molecular formula is C57H101NO5. The normalized spacial score (nSPS) is 13.8. The highest BCUT2D eigenvalue weighted by atomic mass is 16.5. The maximum absolute atomic E-state index is 13.2. The van der Waals surface area contributed by atoms with E-state index < -0.39 is 18.2 Å². The molecule has 0 aliphatic heterocycles. The second kappa shape index (κ2) is 50.3. The molecule has 0 fully saturated rings. The number of ether oxygens (including phenoxy) is 1. The average Bonchev–Trinajstić information content (AvgIpc) is 3.28. The highest BCUT2D eigenvalue weighted by molar-refractivity contribution is 5.77. The van der Waals surface area contributed by atoms with Crippen molar-refractivity contribution in [3.05, 3.63) is 72.9 Å². The molecule has 0 aliphatic rings. The molecule has 0 saturated carbocycles. The largest absolute Gasteiger partial charge is 0.462 e. The lowest BCUT2D eigenvalue weighted by molar-refractivity contribution is -0.151. The lowest BCUT2D eigenvalue weighted by Crippen LogP contribution is -2.46. The molecule has 0 bridgehead atoms. The fourth-order valence-corrected chi connectivity index (χ4v) is 7.79. The Kier molecular flexibility index (Phi) is 48.1. The zero-order valence-electron chi connectivity index (χ0n) is 41.4. The first-order valence-corrected chi connectivity index (χ1v) is 26.7. The van der Waals surface area contributed by atoms with Crippen LogP contribution in [0.4, 0.5) is 0 Å². The minimum atomic E-state index is -0.802. The lowest BCUT2D eigenvalue weighted by Gasteiger charge is -2.24. The van der Waals surface area contributed by atoms with E-state index in [9.17, 15) is 19.8 Å². The smallest absolute Gasteiger partial charge is 0.306 e. The van der Waals surface area contributed by atoms with Crippen LogP contribution in [0.25, 0.3) is 0 Å². The number of unbranched alkanes of at least 4 members (excludes halogenated alkanes) is 25. The van der Waals surface area contributed by atoms with Crippen molar-refractivity contribution in [3.63, 3.8) is 0 Å². The van der Waals surface area contributed by atoms with Gasteiger partial charge in [-0.2, -0.15) is 0 Å². The summed E-state index contributed by atoms with van der Waals surface area (Å²) in [5.41, 5.74) is 0. The number of nitrogens with one attached hydrogen (secondary N) is 1. The molecule has 0 aliphatic carbocycles. The van der Waals surface area contributed by atoms with Crippen molar-refractivity contribution < 1.29 is 24.5 Å². The average molecular weight is 880 g/mol. The molecule has 3 N–H and O–H groups in total. The molecule has 6 heteroatoms. The number of aliphatic hydroxyl groups is 2. The monoisotopic (exact) mass is 880 g/mol. The molecule has 0 rings (SSSR count). The van der Waals surface area contributed by atoms with Gasteiger partial charge in [-0.25, -0.2) is 0 Å². The van der Waals surface area contributed by atoms with E-state index >= 15 is 0 Å². The van der Waals surface area contributed by atoms with Crippen molar-refractivity contribution in [1.82, 2.24) is 5.32 Å². The van der Waals surface area contributed by atoms with Crippen molar-refractivity contribution >= 4 is 11.9 Å². The van der Waals surface area contributed by atoms with Gasteiger partial charge >= 0.3 is 5.97 Å². The van der Waals surface area contributed by atoms with E-state index in [1.807, 2.05) is 12.2 Å². The van der Waals surface area contributed by atoms with E-state index in [1.165, 1.54) is 116 Å². The number of hydrogen-bond acceptors (Lipinski definition) is 5. The van der Waals surface area contributed by atoms with Gasteiger partial charge < -0.3 is 20.3 Å². The Labute approximate surface area is 390 Å². The van der Waals surface area contributed by atoms with Crippen molar-refractivity contribution in [1.29, 1.82) is 0 Å². The maximum atomic E-state index is 13.2. The van der Waals surface area contributed by atoms with Gasteiger partial charge in [0.15, 0.2) is 0 Å². The van der Waals surface area contributed by atoms with E-state index in [0.29, 0.717) is 19.3 Å². The Morgan fingerprint density at radius 2 is 0.921 bits per heavy atom. The summed E-state index contributed by atoms with van der Waals surface area (Å²) in [5.74, 6) is -0.524. The Morgan fingerprint density at radius 1 is 0.492 bits per heavy atom. The van der Waals surface area contributed by atoms with Gasteiger partial charge in [-0.1, -0.05) is 229 Å². The Hall–Kier alpha value is -2.70. The molecule has 0 heterocycles. The van der Waals surface area contributed by atoms with Gasteiger partial charge in [-0.05, 0) is 83.5 Å². The first kappa shape index (κ1) is 60.3. The van der Waals surface area contributed by atoms with Crippen molar-refractivity contribution in [2.24, 2.45) is 0 Å². The second-order valence-corrected chi connectivity index (χ2v) is 18.0. The quantitative estimate of drug-likeness (QED) is 0.0245. The van der Waals surface area contributed by atoms with E-state index in [1.54, 1.807) is 0 Å². The standard InChI is InChI=1S/C57H101NO5/c1-4-7-10-13-16-19-22-24-26-27-28-29-30-32-35-38-41-44-47-50-57(62)63-53(48-45-42-39-36-33-21-18-15-12-9-6-3)51-56(61)58-54(52-59)55(60)49-46-43-40-37-34-31-25-23-20-17-14-11-8-5-2/h9,12,15-16,18-19,21,24,26,28-29,33,53-55,59-60H,4-8,10-11,13-14,17,20,22-23,25,27,30-32,34-52H2,1-3H3,(H,58,61)/b12-9+,18-15+,19-16-,26-24-,29-28-,33-21-. The molecule has 0 aromatic rings. The van der Waals surface area contributed by atoms with Crippen molar-refractivity contribution in [3.8, 4) is 0 Å². The maximum Gasteiger partial charge on any atom is 0.306 e. The van der Waals surface area contributed by atoms with E-state index in [-0.39, 0.29) is 24.9 Å². The summed E-state index contributed by atoms with van der Waals surface area (Å²) < 4.78 is 5.91. The van der Waals surface area contributed by atoms with Gasteiger partial charge in [0.05, 0.1) is 25.2 Å². The Bertz CT molecular complexity index is 1170. The number of hydrogen-bond donors (Lipinski definition) is 3. The molecule has 63 heavy (non-hydrogen) atoms. The van der Waals surface area contributed by atoms with Crippen LogP contribution in [-0.2, 0) is 14.3 Å². The van der Waals surface area contributed by atoms with Crippen LogP contribution in [-0.4, -0.2) is 46.9 Å². The number of allylic oxidation sites excluding steroid dienone is 12. The lowest BCUT2D eigenvalue weighted by atomic mass is 10.0. The van der Waals surface area contributed by atoms with Gasteiger partial charge in [-0.3, -0.25) is 9.59 Å². The van der Waals surface area contributed by atoms with E-state index in [2.05, 4.69) is 86.8 Å². The summed E-state index contributed by atoms with van der Waals surface area (Å²) >= 11 is 0. The van der Waals surface area contributed by atoms with Crippen LogP contribution in [0.3, 0.4) is 0 Å². The summed E-state index contributed by atoms with van der Waals surface area (Å²) in [6, 6.07) is -0.718. The van der Waals surface area contributed by atoms with Crippen LogP contribution in [0, 0.1) is 0 Å². The van der Waals surface area contributed by atoms with E-state index in [0.717, 1.165) is 89.9 Å². The molecule has 0 aromatic heterocycles. The molecule has 0 aromatic carbocycles. The number of aliphatic hydroxyl groups excluding tert-OH is 2. The van der Waals surface area contributed by atoms with Gasteiger partial charge in [-0.15, -0.1) is 0 Å².